The first-order valence-corrected chi connectivity index (χ1v) is 11.7. The monoisotopic (exact) mass is 446 g/mol. The van der Waals surface area contributed by atoms with Crippen LogP contribution in [0.1, 0.15) is 30.7 Å². The molecule has 0 unspecified atom stereocenters. The Bertz CT molecular complexity index is 1030. The van der Waals surface area contributed by atoms with Gasteiger partial charge in [-0.2, -0.15) is 9.97 Å². The first-order chi connectivity index (χ1) is 14.5. The smallest absolute Gasteiger partial charge is 0.353 e. The van der Waals surface area contributed by atoms with E-state index in [1.807, 2.05) is 30.5 Å². The van der Waals surface area contributed by atoms with Gasteiger partial charge in [-0.25, -0.2) is 4.98 Å². The molecule has 3 aromatic rings. The van der Waals surface area contributed by atoms with Gasteiger partial charge in [0.05, 0.1) is 33.8 Å². The number of nitrogens with one attached hydrogen (secondary N) is 2. The van der Waals surface area contributed by atoms with Crippen LogP contribution in [0.3, 0.4) is 0 Å². The van der Waals surface area contributed by atoms with Crippen molar-refractivity contribution < 1.29 is 10.0 Å². The number of nitrogens with zero attached hydrogens (tertiary/aromatic N) is 4. The molecule has 2 heterocycles. The molecule has 0 spiro atoms. The third-order valence-electron chi connectivity index (χ3n) is 5.03. The van der Waals surface area contributed by atoms with E-state index in [0.717, 1.165) is 34.5 Å². The van der Waals surface area contributed by atoms with E-state index < -0.39 is 11.0 Å². The van der Waals surface area contributed by atoms with Crippen LogP contribution in [0.2, 0.25) is 0 Å². The Kier molecular flexibility index (Phi) is 6.30. The van der Waals surface area contributed by atoms with E-state index in [4.69, 9.17) is 0 Å². The lowest BCUT2D eigenvalue weighted by Crippen LogP contribution is -2.36. The zero-order valence-corrected chi connectivity index (χ0v) is 18.0. The molecule has 0 radical (unpaired) electrons. The van der Waals surface area contributed by atoms with Gasteiger partial charge in [0.2, 0.25) is 11.6 Å². The van der Waals surface area contributed by atoms with Crippen LogP contribution < -0.4 is 10.6 Å². The fourth-order valence-electron chi connectivity index (χ4n) is 3.53. The number of rotatable bonds is 7. The van der Waals surface area contributed by atoms with Crippen molar-refractivity contribution >= 4 is 50.6 Å². The number of para-hydroxylation sites is 1. The number of hydrogen-bond donors (Lipinski definition) is 3. The largest absolute Gasteiger partial charge is 0.391 e. The zero-order chi connectivity index (χ0) is 21.1. The summed E-state index contributed by atoms with van der Waals surface area (Å²) in [5, 5.41) is 29.6. The number of nitro groups is 1. The lowest BCUT2D eigenvalue weighted by Gasteiger charge is -2.28. The fraction of sp³-hybridized carbons (Fsp3) is 0.421. The quantitative estimate of drug-likeness (QED) is 0.213. The molecule has 1 fully saturated rings. The molecular formula is C19H22N6O3S2. The number of aromatic nitrogens is 3. The number of anilines is 2. The minimum absolute atomic E-state index is 0.136. The second-order valence-corrected chi connectivity index (χ2v) is 8.93. The highest BCUT2D eigenvalue weighted by Gasteiger charge is 2.30. The van der Waals surface area contributed by atoms with Crippen LogP contribution in [0.15, 0.2) is 29.4 Å². The van der Waals surface area contributed by atoms with Gasteiger partial charge in [0, 0.05) is 0 Å². The molecule has 2 aromatic heterocycles. The van der Waals surface area contributed by atoms with Gasteiger partial charge < -0.3 is 15.7 Å². The van der Waals surface area contributed by atoms with Crippen LogP contribution in [-0.4, -0.2) is 43.4 Å². The number of thioether (sulfide) groups is 1. The van der Waals surface area contributed by atoms with Gasteiger partial charge >= 0.3 is 5.69 Å². The second-order valence-electron chi connectivity index (χ2n) is 7.04. The molecule has 1 aliphatic rings. The Hall–Kier alpha value is -2.50. The molecule has 0 amide bonds. The number of hydrogen-bond acceptors (Lipinski definition) is 10. The van der Waals surface area contributed by atoms with Crippen molar-refractivity contribution in [3.63, 3.8) is 0 Å². The number of benzene rings is 1. The number of aliphatic hydroxyl groups excluding tert-OH is 1. The van der Waals surface area contributed by atoms with E-state index >= 15 is 0 Å². The third kappa shape index (κ3) is 4.47. The zero-order valence-electron chi connectivity index (χ0n) is 16.4. The molecule has 1 aromatic carbocycles. The summed E-state index contributed by atoms with van der Waals surface area (Å²) in [6.45, 7) is 0.316. The Morgan fingerprint density at radius 3 is 2.73 bits per heavy atom. The number of fused-ring (bicyclic) bond motifs is 1. The van der Waals surface area contributed by atoms with E-state index in [-0.39, 0.29) is 23.4 Å². The summed E-state index contributed by atoms with van der Waals surface area (Å²) in [4.78, 5) is 24.6. The standard InChI is InChI=1S/C19H22N6O3S2/c1-29-19-23-17(20-10-15-21-12-7-3-5-9-14(12)30-15)16(25(27)28)18(24-19)22-11-6-2-4-8-13(11)26/h3,5,7,9,11,13,26H,2,4,6,8,10H2,1H3,(H2,20,22,23,24)/t11-,13-/m0/s1. The molecule has 0 saturated heterocycles. The van der Waals surface area contributed by atoms with E-state index in [1.165, 1.54) is 23.1 Å². The predicted octanol–water partition coefficient (Wildman–Crippen LogP) is 4.04. The van der Waals surface area contributed by atoms with Crippen molar-refractivity contribution in [2.75, 3.05) is 16.9 Å². The van der Waals surface area contributed by atoms with Crippen molar-refractivity contribution in [2.24, 2.45) is 0 Å². The molecule has 4 rings (SSSR count). The van der Waals surface area contributed by atoms with Crippen molar-refractivity contribution in [1.82, 2.24) is 15.0 Å². The van der Waals surface area contributed by atoms with E-state index in [0.29, 0.717) is 18.1 Å². The SMILES string of the molecule is CSc1nc(NCc2nc3ccccc3s2)c([N+](=O)[O-])c(N[C@H]2CCCC[C@@H]2O)n1. The fourth-order valence-corrected chi connectivity index (χ4v) is 4.80. The highest BCUT2D eigenvalue weighted by Crippen LogP contribution is 2.34. The molecule has 1 aliphatic carbocycles. The molecule has 158 valence electrons. The molecule has 1 saturated carbocycles. The first-order valence-electron chi connectivity index (χ1n) is 9.68. The van der Waals surface area contributed by atoms with Crippen LogP contribution >= 0.6 is 23.1 Å². The van der Waals surface area contributed by atoms with Gasteiger partial charge in [-0.1, -0.05) is 36.7 Å². The highest BCUT2D eigenvalue weighted by atomic mass is 32.2. The lowest BCUT2D eigenvalue weighted by atomic mass is 9.92. The number of aliphatic hydroxyl groups is 1. The minimum Gasteiger partial charge on any atom is -0.391 e. The molecule has 0 aliphatic heterocycles. The van der Waals surface area contributed by atoms with Gasteiger partial charge in [-0.3, -0.25) is 10.1 Å². The summed E-state index contributed by atoms with van der Waals surface area (Å²) in [6, 6.07) is 7.55. The molecule has 9 nitrogen and oxygen atoms in total. The Morgan fingerprint density at radius 1 is 1.23 bits per heavy atom. The van der Waals surface area contributed by atoms with Gasteiger partial charge in [-0.15, -0.1) is 11.3 Å². The number of thiazole rings is 1. The molecule has 2 atom stereocenters. The third-order valence-corrected chi connectivity index (χ3v) is 6.61. The van der Waals surface area contributed by atoms with Gasteiger partial charge in [0.1, 0.15) is 5.01 Å². The summed E-state index contributed by atoms with van der Waals surface area (Å²) in [5.41, 5.74) is 0.682. The predicted molar refractivity (Wildman–Crippen MR) is 119 cm³/mol. The molecule has 11 heteroatoms. The maximum Gasteiger partial charge on any atom is 0.353 e. The molecular weight excluding hydrogens is 424 g/mol. The Morgan fingerprint density at radius 2 is 2.00 bits per heavy atom. The lowest BCUT2D eigenvalue weighted by molar-refractivity contribution is -0.383. The van der Waals surface area contributed by atoms with Crippen LogP contribution in [0.25, 0.3) is 10.2 Å². The topological polar surface area (TPSA) is 126 Å². The Balaban J connectivity index is 1.62. The van der Waals surface area contributed by atoms with E-state index in [2.05, 4.69) is 25.6 Å². The minimum atomic E-state index is -0.551. The van der Waals surface area contributed by atoms with E-state index in [1.54, 1.807) is 0 Å². The summed E-state index contributed by atoms with van der Waals surface area (Å²) >= 11 is 2.84. The maximum absolute atomic E-state index is 11.9. The van der Waals surface area contributed by atoms with Crippen LogP contribution in [0.5, 0.6) is 0 Å². The van der Waals surface area contributed by atoms with Gasteiger partial charge in [0.25, 0.3) is 0 Å². The summed E-state index contributed by atoms with van der Waals surface area (Å²) < 4.78 is 1.06. The molecule has 0 bridgehead atoms. The van der Waals surface area contributed by atoms with Crippen molar-refractivity contribution in [3.05, 3.63) is 39.4 Å². The van der Waals surface area contributed by atoms with Gasteiger partial charge in [0.15, 0.2) is 5.16 Å². The Labute approximate surface area is 181 Å². The maximum atomic E-state index is 11.9. The van der Waals surface area contributed by atoms with Crippen LogP contribution in [-0.2, 0) is 6.54 Å². The average molecular weight is 447 g/mol. The summed E-state index contributed by atoms with van der Waals surface area (Å²) in [6.07, 6.45) is 4.60. The molecule has 30 heavy (non-hydrogen) atoms. The van der Waals surface area contributed by atoms with Crippen molar-refractivity contribution in [1.29, 1.82) is 0 Å². The average Bonchev–Trinajstić information content (AvgIpc) is 3.16. The van der Waals surface area contributed by atoms with Gasteiger partial charge in [-0.05, 0) is 31.2 Å². The van der Waals surface area contributed by atoms with Crippen molar-refractivity contribution in [3.8, 4) is 0 Å². The first kappa shape index (κ1) is 20.8. The highest BCUT2D eigenvalue weighted by molar-refractivity contribution is 7.98. The second kappa shape index (κ2) is 9.11. The van der Waals surface area contributed by atoms with Crippen LogP contribution in [0.4, 0.5) is 17.3 Å². The van der Waals surface area contributed by atoms with E-state index in [9.17, 15) is 15.2 Å². The van der Waals surface area contributed by atoms with Crippen molar-refractivity contribution in [2.45, 2.75) is 49.5 Å². The summed E-state index contributed by atoms with van der Waals surface area (Å²) in [7, 11) is 0. The van der Waals surface area contributed by atoms with Crippen LogP contribution in [0, 0.1) is 10.1 Å². The normalized spacial score (nSPS) is 19.0. The summed E-state index contributed by atoms with van der Waals surface area (Å²) in [5.74, 6) is 0.281. The molecule has 3 N–H and O–H groups in total.